The topological polar surface area (TPSA) is 86.3 Å². The Kier molecular flexibility index (Phi) is 5.34. The lowest BCUT2D eigenvalue weighted by atomic mass is 10.1. The molecule has 0 unspecified atom stereocenters. The lowest BCUT2D eigenvalue weighted by Gasteiger charge is -2.08. The second-order valence-corrected chi connectivity index (χ2v) is 6.57. The van der Waals surface area contributed by atoms with E-state index in [1.165, 1.54) is 0 Å². The molecule has 2 aromatic heterocycles. The number of carbonyl (C=O) groups excluding carboxylic acids is 1. The van der Waals surface area contributed by atoms with Gasteiger partial charge < -0.3 is 14.2 Å². The number of rotatable bonds is 6. The molecule has 0 fully saturated rings. The van der Waals surface area contributed by atoms with Gasteiger partial charge in [-0.05, 0) is 43.3 Å². The number of pyridine rings is 1. The monoisotopic (exact) mass is 403 g/mol. The molecule has 4 rings (SSSR count). The minimum Gasteiger partial charge on any atom is -0.497 e. The standard InChI is InChI=1S/C23H21N3O4/c1-4-30-23(27)15-7-5-14(6-8-15)21-19-9-10-20(24-22(19)26-25-21)16-11-17(28-2)13-18(12-16)29-3/h5-13H,4H2,1-3H3,(H,24,25,26). The van der Waals surface area contributed by atoms with Gasteiger partial charge in [0.25, 0.3) is 0 Å². The van der Waals surface area contributed by atoms with Gasteiger partial charge in [0.15, 0.2) is 5.65 Å². The summed E-state index contributed by atoms with van der Waals surface area (Å²) in [5.74, 6) is 1.05. The number of hydrogen-bond donors (Lipinski definition) is 1. The molecule has 0 aliphatic carbocycles. The van der Waals surface area contributed by atoms with Crippen LogP contribution in [0.5, 0.6) is 11.5 Å². The van der Waals surface area contributed by atoms with Crippen molar-refractivity contribution in [3.63, 3.8) is 0 Å². The van der Waals surface area contributed by atoms with Crippen molar-refractivity contribution < 1.29 is 19.0 Å². The van der Waals surface area contributed by atoms with Gasteiger partial charge in [0.05, 0.1) is 37.8 Å². The van der Waals surface area contributed by atoms with Crippen molar-refractivity contribution in [2.24, 2.45) is 0 Å². The largest absolute Gasteiger partial charge is 0.497 e. The van der Waals surface area contributed by atoms with Crippen LogP contribution in [0.2, 0.25) is 0 Å². The van der Waals surface area contributed by atoms with E-state index in [1.807, 2.05) is 42.5 Å². The summed E-state index contributed by atoms with van der Waals surface area (Å²) in [5.41, 5.74) is 4.48. The Balaban J connectivity index is 1.69. The second-order valence-electron chi connectivity index (χ2n) is 6.57. The number of benzene rings is 2. The van der Waals surface area contributed by atoms with Crippen LogP contribution in [0.1, 0.15) is 17.3 Å². The fourth-order valence-electron chi connectivity index (χ4n) is 3.22. The van der Waals surface area contributed by atoms with Crippen LogP contribution in [0.15, 0.2) is 54.6 Å². The number of esters is 1. The van der Waals surface area contributed by atoms with Gasteiger partial charge >= 0.3 is 5.97 Å². The van der Waals surface area contributed by atoms with Crippen molar-refractivity contribution in [2.75, 3.05) is 20.8 Å². The molecule has 0 radical (unpaired) electrons. The molecule has 7 nitrogen and oxygen atoms in total. The molecule has 7 heteroatoms. The van der Waals surface area contributed by atoms with Crippen LogP contribution in [-0.2, 0) is 4.74 Å². The zero-order chi connectivity index (χ0) is 21.1. The van der Waals surface area contributed by atoms with E-state index in [2.05, 4.69) is 15.2 Å². The number of carbonyl (C=O) groups is 1. The lowest BCUT2D eigenvalue weighted by molar-refractivity contribution is 0.0526. The van der Waals surface area contributed by atoms with E-state index >= 15 is 0 Å². The summed E-state index contributed by atoms with van der Waals surface area (Å²) in [4.78, 5) is 16.5. The second kappa shape index (κ2) is 8.24. The Morgan fingerprint density at radius 2 is 1.63 bits per heavy atom. The average Bonchev–Trinajstić information content (AvgIpc) is 3.22. The Labute approximate surface area is 173 Å². The van der Waals surface area contributed by atoms with Gasteiger partial charge in [0.2, 0.25) is 0 Å². The lowest BCUT2D eigenvalue weighted by Crippen LogP contribution is -2.04. The molecule has 0 amide bonds. The average molecular weight is 403 g/mol. The van der Waals surface area contributed by atoms with Crippen molar-refractivity contribution in [3.05, 3.63) is 60.2 Å². The third-order valence-electron chi connectivity index (χ3n) is 4.75. The van der Waals surface area contributed by atoms with Gasteiger partial charge in [-0.2, -0.15) is 5.10 Å². The highest BCUT2D eigenvalue weighted by atomic mass is 16.5. The molecule has 0 saturated carbocycles. The number of hydrogen-bond acceptors (Lipinski definition) is 6. The predicted octanol–water partition coefficient (Wildman–Crippen LogP) is 4.49. The normalized spacial score (nSPS) is 10.8. The number of aromatic nitrogens is 3. The Hall–Kier alpha value is -3.87. The molecule has 152 valence electrons. The first-order valence-electron chi connectivity index (χ1n) is 9.49. The molecule has 0 aliphatic rings. The van der Waals surface area contributed by atoms with Crippen LogP contribution < -0.4 is 9.47 Å². The number of ether oxygens (including phenoxy) is 3. The van der Waals surface area contributed by atoms with E-state index in [9.17, 15) is 4.79 Å². The Morgan fingerprint density at radius 1 is 0.933 bits per heavy atom. The molecule has 30 heavy (non-hydrogen) atoms. The minimum atomic E-state index is -0.335. The Bertz CT molecular complexity index is 1180. The van der Waals surface area contributed by atoms with Crippen LogP contribution in [0.4, 0.5) is 0 Å². The number of fused-ring (bicyclic) bond motifs is 1. The summed E-state index contributed by atoms with van der Waals surface area (Å²) in [6.07, 6.45) is 0. The van der Waals surface area contributed by atoms with Crippen LogP contribution >= 0.6 is 0 Å². The van der Waals surface area contributed by atoms with E-state index < -0.39 is 0 Å². The molecule has 0 spiro atoms. The number of nitrogens with one attached hydrogen (secondary N) is 1. The minimum absolute atomic E-state index is 0.335. The maximum Gasteiger partial charge on any atom is 0.338 e. The third-order valence-corrected chi connectivity index (χ3v) is 4.75. The van der Waals surface area contributed by atoms with E-state index in [0.717, 1.165) is 27.9 Å². The smallest absolute Gasteiger partial charge is 0.338 e. The fraction of sp³-hybridized carbons (Fsp3) is 0.174. The molecule has 2 aromatic carbocycles. The number of H-pyrrole nitrogens is 1. The molecule has 0 atom stereocenters. The van der Waals surface area contributed by atoms with Gasteiger partial charge in [-0.25, -0.2) is 9.78 Å². The maximum atomic E-state index is 11.8. The summed E-state index contributed by atoms with van der Waals surface area (Å²) in [6.45, 7) is 2.13. The zero-order valence-electron chi connectivity index (χ0n) is 16.9. The van der Waals surface area contributed by atoms with Crippen LogP contribution in [-0.4, -0.2) is 42.0 Å². The van der Waals surface area contributed by atoms with Crippen molar-refractivity contribution >= 4 is 17.0 Å². The van der Waals surface area contributed by atoms with Crippen molar-refractivity contribution in [1.29, 1.82) is 0 Å². The van der Waals surface area contributed by atoms with Crippen LogP contribution in [0.25, 0.3) is 33.5 Å². The highest BCUT2D eigenvalue weighted by molar-refractivity contribution is 5.94. The van der Waals surface area contributed by atoms with E-state index in [4.69, 9.17) is 14.2 Å². The van der Waals surface area contributed by atoms with Crippen molar-refractivity contribution in [2.45, 2.75) is 6.92 Å². The molecular formula is C23H21N3O4. The molecule has 1 N–H and O–H groups in total. The van der Waals surface area contributed by atoms with Crippen LogP contribution in [0, 0.1) is 0 Å². The van der Waals surface area contributed by atoms with E-state index in [0.29, 0.717) is 29.3 Å². The molecule has 0 saturated heterocycles. The number of nitrogens with zero attached hydrogens (tertiary/aromatic N) is 2. The zero-order valence-corrected chi connectivity index (χ0v) is 16.9. The summed E-state index contributed by atoms with van der Waals surface area (Å²) in [7, 11) is 3.23. The summed E-state index contributed by atoms with van der Waals surface area (Å²) < 4.78 is 15.7. The van der Waals surface area contributed by atoms with Gasteiger partial charge in [-0.1, -0.05) is 12.1 Å². The van der Waals surface area contributed by atoms with Gasteiger partial charge in [-0.15, -0.1) is 0 Å². The molecule has 0 aliphatic heterocycles. The number of methoxy groups -OCH3 is 2. The molecule has 4 aromatic rings. The van der Waals surface area contributed by atoms with Gasteiger partial charge in [0.1, 0.15) is 11.5 Å². The predicted molar refractivity (Wildman–Crippen MR) is 114 cm³/mol. The highest BCUT2D eigenvalue weighted by Gasteiger charge is 2.13. The highest BCUT2D eigenvalue weighted by Crippen LogP contribution is 2.31. The summed E-state index contributed by atoms with van der Waals surface area (Å²) in [5, 5.41) is 8.30. The third kappa shape index (κ3) is 3.69. The fourth-order valence-corrected chi connectivity index (χ4v) is 3.22. The molecular weight excluding hydrogens is 382 g/mol. The number of aromatic amines is 1. The maximum absolute atomic E-state index is 11.8. The SMILES string of the molecule is CCOC(=O)c1ccc(-c2[nH]nc3nc(-c4cc(OC)cc(OC)c4)ccc23)cc1. The van der Waals surface area contributed by atoms with Crippen molar-refractivity contribution in [1.82, 2.24) is 15.2 Å². The van der Waals surface area contributed by atoms with Gasteiger partial charge in [-0.3, -0.25) is 5.10 Å². The Morgan fingerprint density at radius 3 is 2.27 bits per heavy atom. The summed E-state index contributed by atoms with van der Waals surface area (Å²) >= 11 is 0. The first-order valence-corrected chi connectivity index (χ1v) is 9.49. The molecule has 0 bridgehead atoms. The van der Waals surface area contributed by atoms with Gasteiger partial charge in [0, 0.05) is 22.6 Å². The first-order chi connectivity index (χ1) is 14.6. The van der Waals surface area contributed by atoms with E-state index in [1.54, 1.807) is 33.3 Å². The molecule has 2 heterocycles. The van der Waals surface area contributed by atoms with E-state index in [-0.39, 0.29) is 5.97 Å². The van der Waals surface area contributed by atoms with Crippen molar-refractivity contribution in [3.8, 4) is 34.0 Å². The quantitative estimate of drug-likeness (QED) is 0.478. The van der Waals surface area contributed by atoms with Crippen LogP contribution in [0.3, 0.4) is 0 Å². The first kappa shape index (κ1) is 19.4. The summed E-state index contributed by atoms with van der Waals surface area (Å²) in [6, 6.07) is 16.7.